The largest absolute Gasteiger partial charge is 0.311 e. The first kappa shape index (κ1) is 19.7. The number of rotatable bonds is 6. The van der Waals surface area contributed by atoms with Crippen molar-refractivity contribution < 1.29 is 4.79 Å². The molecule has 0 saturated heterocycles. The number of thioether (sulfide) groups is 1. The number of carbonyl (C=O) groups is 1. The minimum absolute atomic E-state index is 0.0299. The fourth-order valence-corrected chi connectivity index (χ4v) is 4.55. The van der Waals surface area contributed by atoms with Gasteiger partial charge in [-0.25, -0.2) is 4.98 Å². The van der Waals surface area contributed by atoms with Crippen LogP contribution in [0.4, 0.5) is 5.69 Å². The Hall–Kier alpha value is -2.60. The van der Waals surface area contributed by atoms with Crippen molar-refractivity contribution in [2.45, 2.75) is 38.4 Å². The van der Waals surface area contributed by atoms with E-state index in [0.717, 1.165) is 18.5 Å². The van der Waals surface area contributed by atoms with Gasteiger partial charge in [0.25, 0.3) is 5.56 Å². The van der Waals surface area contributed by atoms with Gasteiger partial charge in [-0.05, 0) is 42.5 Å². The van der Waals surface area contributed by atoms with Crippen LogP contribution in [0.1, 0.15) is 25.8 Å². The number of carbonyl (C=O) groups excluding carboxylic acids is 1. The third-order valence-electron chi connectivity index (χ3n) is 5.27. The molecule has 1 aliphatic heterocycles. The summed E-state index contributed by atoms with van der Waals surface area (Å²) >= 11 is 1.36. The van der Waals surface area contributed by atoms with Crippen LogP contribution in [0.15, 0.2) is 58.5 Å². The van der Waals surface area contributed by atoms with Crippen LogP contribution in [-0.4, -0.2) is 27.8 Å². The summed E-state index contributed by atoms with van der Waals surface area (Å²) in [6.45, 7) is 5.60. The second-order valence-corrected chi connectivity index (χ2v) is 8.71. The average Bonchev–Trinajstić information content (AvgIpc) is 3.15. The maximum Gasteiger partial charge on any atom is 0.262 e. The summed E-state index contributed by atoms with van der Waals surface area (Å²) in [5.41, 5.74) is 2.86. The number of para-hydroxylation sites is 2. The lowest BCUT2D eigenvalue weighted by Crippen LogP contribution is -2.31. The van der Waals surface area contributed by atoms with Gasteiger partial charge in [-0.3, -0.25) is 14.2 Å². The van der Waals surface area contributed by atoms with Crippen molar-refractivity contribution in [2.75, 3.05) is 17.2 Å². The molecule has 1 amide bonds. The summed E-state index contributed by atoms with van der Waals surface area (Å²) in [6.07, 6.45) is 1.78. The first-order valence-electron chi connectivity index (χ1n) is 10.0. The zero-order chi connectivity index (χ0) is 20.4. The van der Waals surface area contributed by atoms with E-state index in [9.17, 15) is 9.59 Å². The van der Waals surface area contributed by atoms with Crippen LogP contribution in [0.25, 0.3) is 10.9 Å². The molecular weight excluding hydrogens is 382 g/mol. The van der Waals surface area contributed by atoms with E-state index in [2.05, 4.69) is 19.9 Å². The van der Waals surface area contributed by atoms with Gasteiger partial charge in [0.2, 0.25) is 5.91 Å². The van der Waals surface area contributed by atoms with Gasteiger partial charge in [0.15, 0.2) is 5.16 Å². The van der Waals surface area contributed by atoms with Crippen LogP contribution in [0.2, 0.25) is 0 Å². The number of nitrogens with zero attached hydrogens (tertiary/aromatic N) is 3. The third-order valence-corrected chi connectivity index (χ3v) is 6.23. The highest BCUT2D eigenvalue weighted by Gasteiger charge is 2.24. The standard InChI is InChI=1S/C23H25N3O2S/c1-16(2)11-13-26-22(28)18-8-4-5-9-19(18)24-23(26)29-15-21(27)25-14-12-17-7-3-6-10-20(17)25/h3-10,16H,11-15H2,1-2H3. The highest BCUT2D eigenvalue weighted by molar-refractivity contribution is 7.99. The van der Waals surface area contributed by atoms with Gasteiger partial charge in [0.05, 0.1) is 16.7 Å². The zero-order valence-electron chi connectivity index (χ0n) is 16.8. The Labute approximate surface area is 174 Å². The van der Waals surface area contributed by atoms with E-state index in [1.54, 1.807) is 4.57 Å². The normalized spacial score (nSPS) is 13.3. The highest BCUT2D eigenvalue weighted by atomic mass is 32.2. The van der Waals surface area contributed by atoms with E-state index in [0.29, 0.717) is 35.1 Å². The third kappa shape index (κ3) is 4.08. The molecule has 2 aromatic carbocycles. The second kappa shape index (κ2) is 8.41. The number of hydrogen-bond donors (Lipinski definition) is 0. The number of hydrogen-bond acceptors (Lipinski definition) is 4. The quantitative estimate of drug-likeness (QED) is 0.456. The van der Waals surface area contributed by atoms with E-state index in [-0.39, 0.29) is 17.2 Å². The predicted octanol–water partition coefficient (Wildman–Crippen LogP) is 4.12. The van der Waals surface area contributed by atoms with Gasteiger partial charge in [-0.2, -0.15) is 0 Å². The number of fused-ring (bicyclic) bond motifs is 2. The first-order valence-corrected chi connectivity index (χ1v) is 11.0. The Morgan fingerprint density at radius 2 is 1.90 bits per heavy atom. The van der Waals surface area contributed by atoms with Crippen LogP contribution in [0, 0.1) is 5.92 Å². The molecule has 150 valence electrons. The van der Waals surface area contributed by atoms with Crippen LogP contribution >= 0.6 is 11.8 Å². The van der Waals surface area contributed by atoms with Crippen molar-refractivity contribution in [3.8, 4) is 0 Å². The van der Waals surface area contributed by atoms with Crippen molar-refractivity contribution in [2.24, 2.45) is 5.92 Å². The second-order valence-electron chi connectivity index (χ2n) is 7.76. The molecule has 0 atom stereocenters. The van der Waals surface area contributed by atoms with Crippen LogP contribution in [0.3, 0.4) is 0 Å². The lowest BCUT2D eigenvalue weighted by molar-refractivity contribution is -0.116. The fraction of sp³-hybridized carbons (Fsp3) is 0.348. The summed E-state index contributed by atoms with van der Waals surface area (Å²) < 4.78 is 1.73. The molecular formula is C23H25N3O2S. The Morgan fingerprint density at radius 1 is 1.14 bits per heavy atom. The Morgan fingerprint density at radius 3 is 2.72 bits per heavy atom. The molecule has 0 saturated carbocycles. The fourth-order valence-electron chi connectivity index (χ4n) is 3.64. The Balaban J connectivity index is 1.59. The smallest absolute Gasteiger partial charge is 0.262 e. The molecule has 1 aliphatic rings. The van der Waals surface area contributed by atoms with Gasteiger partial charge in [0.1, 0.15) is 0 Å². The molecule has 5 nitrogen and oxygen atoms in total. The average molecular weight is 408 g/mol. The van der Waals surface area contributed by atoms with Crippen molar-refractivity contribution >= 4 is 34.3 Å². The first-order chi connectivity index (χ1) is 14.0. The molecule has 0 N–H and O–H groups in total. The topological polar surface area (TPSA) is 55.2 Å². The molecule has 1 aromatic heterocycles. The number of aromatic nitrogens is 2. The van der Waals surface area contributed by atoms with Crippen molar-refractivity contribution in [1.29, 1.82) is 0 Å². The summed E-state index contributed by atoms with van der Waals surface area (Å²) in [6, 6.07) is 15.5. The van der Waals surface area contributed by atoms with Crippen LogP contribution < -0.4 is 10.5 Å². The van der Waals surface area contributed by atoms with Gasteiger partial charge in [-0.15, -0.1) is 0 Å². The van der Waals surface area contributed by atoms with E-state index in [1.807, 2.05) is 47.4 Å². The number of benzene rings is 2. The summed E-state index contributed by atoms with van der Waals surface area (Å²) in [5, 5.41) is 1.25. The molecule has 6 heteroatoms. The highest BCUT2D eigenvalue weighted by Crippen LogP contribution is 2.29. The SMILES string of the molecule is CC(C)CCn1c(SCC(=O)N2CCc3ccccc32)nc2ccccc2c1=O. The maximum absolute atomic E-state index is 13.0. The van der Waals surface area contributed by atoms with E-state index < -0.39 is 0 Å². The minimum Gasteiger partial charge on any atom is -0.311 e. The van der Waals surface area contributed by atoms with Crippen molar-refractivity contribution in [3.05, 3.63) is 64.4 Å². The van der Waals surface area contributed by atoms with Crippen LogP contribution in [-0.2, 0) is 17.8 Å². The maximum atomic E-state index is 13.0. The molecule has 0 spiro atoms. The summed E-state index contributed by atoms with van der Waals surface area (Å²) in [7, 11) is 0. The lowest BCUT2D eigenvalue weighted by Gasteiger charge is -2.18. The van der Waals surface area contributed by atoms with Crippen LogP contribution in [0.5, 0.6) is 0 Å². The monoisotopic (exact) mass is 407 g/mol. The lowest BCUT2D eigenvalue weighted by atomic mass is 10.1. The molecule has 0 aliphatic carbocycles. The van der Waals surface area contributed by atoms with E-state index >= 15 is 0 Å². The molecule has 3 aromatic rings. The number of amides is 1. The van der Waals surface area contributed by atoms with E-state index in [4.69, 9.17) is 4.98 Å². The molecule has 29 heavy (non-hydrogen) atoms. The molecule has 0 fully saturated rings. The van der Waals surface area contributed by atoms with Crippen molar-refractivity contribution in [3.63, 3.8) is 0 Å². The van der Waals surface area contributed by atoms with E-state index in [1.165, 1.54) is 17.3 Å². The molecule has 2 heterocycles. The molecule has 0 radical (unpaired) electrons. The van der Waals surface area contributed by atoms with Gasteiger partial charge < -0.3 is 4.90 Å². The number of anilines is 1. The Bertz CT molecular complexity index is 1110. The van der Waals surface area contributed by atoms with Gasteiger partial charge >= 0.3 is 0 Å². The molecule has 0 bridgehead atoms. The summed E-state index contributed by atoms with van der Waals surface area (Å²) in [4.78, 5) is 32.5. The van der Waals surface area contributed by atoms with Crippen molar-refractivity contribution in [1.82, 2.24) is 9.55 Å². The van der Waals surface area contributed by atoms with Gasteiger partial charge in [-0.1, -0.05) is 55.9 Å². The Kier molecular flexibility index (Phi) is 5.72. The zero-order valence-corrected chi connectivity index (χ0v) is 17.6. The van der Waals surface area contributed by atoms with Gasteiger partial charge in [0, 0.05) is 18.8 Å². The summed E-state index contributed by atoms with van der Waals surface area (Å²) in [5.74, 6) is 0.799. The molecule has 0 unspecified atom stereocenters. The predicted molar refractivity (Wildman–Crippen MR) is 119 cm³/mol. The minimum atomic E-state index is -0.0299. The molecule has 4 rings (SSSR count).